The first-order valence-corrected chi connectivity index (χ1v) is 50.8. The lowest BCUT2D eigenvalue weighted by Crippen LogP contribution is -2.33. The second-order valence-corrected chi connectivity index (χ2v) is 39.8. The van der Waals surface area contributed by atoms with E-state index < -0.39 is 10.8 Å². The molecule has 5 aromatic heterocycles. The maximum absolute atomic E-state index is 3.80. The van der Waals surface area contributed by atoms with Crippen molar-refractivity contribution in [3.05, 3.63) is 569 Å². The summed E-state index contributed by atoms with van der Waals surface area (Å²) in [6, 6.07) is 189. The molecule has 0 amide bonds. The minimum absolute atomic E-state index is 0.390. The Balaban J connectivity index is 0.000000132. The lowest BCUT2D eigenvalue weighted by Gasteiger charge is -2.40. The Hall–Kier alpha value is -17.8. The number of aromatic nitrogens is 5. The molecule has 10 heteroatoms. The molecule has 2 aliphatic heterocycles. The highest BCUT2D eigenvalue weighted by atomic mass is 79.9. The van der Waals surface area contributed by atoms with Gasteiger partial charge in [0.05, 0.1) is 77.4 Å². The van der Waals surface area contributed by atoms with Crippen LogP contribution in [-0.4, -0.2) is 22.8 Å². The van der Waals surface area contributed by atoms with Crippen molar-refractivity contribution in [1.29, 1.82) is 0 Å². The zero-order valence-corrected chi connectivity index (χ0v) is 81.1. The Kier molecular flexibility index (Phi) is 19.0. The van der Waals surface area contributed by atoms with E-state index in [1.165, 1.54) is 193 Å². The lowest BCUT2D eigenvalue weighted by atomic mass is 9.65. The quantitative estimate of drug-likeness (QED) is 0.140. The summed E-state index contributed by atoms with van der Waals surface area (Å²) in [5.41, 5.74) is 41.1. The summed E-state index contributed by atoms with van der Waals surface area (Å²) >= 11 is 7.59. The van der Waals surface area contributed by atoms with Crippen LogP contribution in [0.3, 0.4) is 0 Å². The maximum Gasteiger partial charge on any atom is 0.0756 e. The lowest BCUT2D eigenvalue weighted by molar-refractivity contribution is 0.747. The second-order valence-electron chi connectivity index (χ2n) is 38.0. The third-order valence-corrected chi connectivity index (χ3v) is 31.7. The van der Waals surface area contributed by atoms with Gasteiger partial charge in [-0.1, -0.05) is 329 Å². The molecule has 31 rings (SSSR count). The highest BCUT2D eigenvalue weighted by Crippen LogP contribution is 2.65. The van der Waals surface area contributed by atoms with Gasteiger partial charge in [0, 0.05) is 125 Å². The van der Waals surface area contributed by atoms with Gasteiger partial charge >= 0.3 is 0 Å². The third-order valence-electron chi connectivity index (χ3n) is 30.7. The van der Waals surface area contributed by atoms with E-state index >= 15 is 0 Å². The summed E-state index contributed by atoms with van der Waals surface area (Å²) in [5.74, 6) is 0. The van der Waals surface area contributed by atoms with E-state index in [9.17, 15) is 0 Å². The zero-order valence-electron chi connectivity index (χ0n) is 78.0. The Labute approximate surface area is 848 Å². The summed E-state index contributed by atoms with van der Waals surface area (Å²) in [6.45, 7) is 0. The molecule has 2 spiro atoms. The molecule has 144 heavy (non-hydrogen) atoms. The Morgan fingerprint density at radius 3 is 0.764 bits per heavy atom. The molecule has 0 saturated carbocycles. The normalized spacial score (nSPS) is 12.9. The van der Waals surface area contributed by atoms with Crippen LogP contribution in [0.1, 0.15) is 44.5 Å². The fraction of sp³-hybridized carbons (Fsp3) is 0.0149. The van der Waals surface area contributed by atoms with Gasteiger partial charge in [0.2, 0.25) is 0 Å². The van der Waals surface area contributed by atoms with E-state index in [0.717, 1.165) is 65.8 Å². The second kappa shape index (κ2) is 32.9. The first-order valence-electron chi connectivity index (χ1n) is 49.2. The van der Waals surface area contributed by atoms with E-state index in [2.05, 4.69) is 567 Å². The van der Waals surface area contributed by atoms with Crippen LogP contribution in [0.25, 0.3) is 160 Å². The van der Waals surface area contributed by atoms with E-state index in [4.69, 9.17) is 0 Å². The summed E-state index contributed by atoms with van der Waals surface area (Å²) in [7, 11) is 0. The first-order chi connectivity index (χ1) is 71.3. The zero-order chi connectivity index (χ0) is 95.0. The Morgan fingerprint density at radius 1 is 0.174 bits per heavy atom. The van der Waals surface area contributed by atoms with Crippen LogP contribution in [0.15, 0.2) is 525 Å². The van der Waals surface area contributed by atoms with Crippen LogP contribution in [0.5, 0.6) is 0 Å². The molecular weight excluding hydrogens is 1880 g/mol. The average molecular weight is 1970 g/mol. The van der Waals surface area contributed by atoms with Gasteiger partial charge in [-0.05, 0) is 285 Å². The van der Waals surface area contributed by atoms with Gasteiger partial charge in [0.15, 0.2) is 0 Å². The fourth-order valence-corrected chi connectivity index (χ4v) is 25.7. The number of hydrogen-bond donors (Lipinski definition) is 1. The van der Waals surface area contributed by atoms with Crippen molar-refractivity contribution in [2.75, 3.05) is 15.1 Å². The number of hydrogen-bond acceptors (Lipinski definition) is 3. The van der Waals surface area contributed by atoms with Crippen molar-refractivity contribution in [2.45, 2.75) is 10.8 Å². The highest BCUT2D eigenvalue weighted by molar-refractivity contribution is 9.10. The van der Waals surface area contributed by atoms with E-state index in [0.29, 0.717) is 0 Å². The number of fused-ring (bicyclic) bond motifs is 33. The topological polar surface area (TPSA) is 43.2 Å². The Morgan fingerprint density at radius 2 is 0.417 bits per heavy atom. The molecule has 0 bridgehead atoms. The number of anilines is 8. The van der Waals surface area contributed by atoms with Gasteiger partial charge in [0.1, 0.15) is 0 Å². The largest absolute Gasteiger partial charge is 0.356 e. The highest BCUT2D eigenvalue weighted by Gasteiger charge is 2.54. The smallest absolute Gasteiger partial charge is 0.0756 e. The van der Waals surface area contributed by atoms with Crippen molar-refractivity contribution < 1.29 is 0 Å². The minimum Gasteiger partial charge on any atom is -0.356 e. The molecule has 0 fully saturated rings. The van der Waals surface area contributed by atoms with Crippen molar-refractivity contribution in [1.82, 2.24) is 22.8 Å². The first kappa shape index (κ1) is 83.2. The maximum atomic E-state index is 3.80. The third kappa shape index (κ3) is 12.4. The predicted molar refractivity (Wildman–Crippen MR) is 607 cm³/mol. The molecule has 0 saturated heterocycles. The standard InChI is InChI=1S/C79H51N5.C31H17Br2N.C24H18N2/c1-3-20-52(21-4-1)80(54-38-42-56(43-39-54)82-72-32-13-7-24-62(72)63-25-8-14-33-73(63)82)58-46-48-60-61-49-47-59(81(53-22-5-2-6-23-53)55-40-44-57(45-41-55)83-74-34-15-9-26-64(74)65-27-10-16-35-75(65)83)51-71(61)79(70(60)50-58)68-30-12-18-37-77(68)84-76-36-17-11-28-66(76)67-29-19-31-69(79)78(67)84;32-18-12-14-20-21-15-13-19(33)17-27(21)31(26(20)16-18)24-8-2-4-11-29(24)34-28-10-3-1-6-22(28)23-7-5-9-25(31)30(23)34;1-2-8-18(9-3-1)25-19-14-16-20(17-15-19)26-23-12-6-4-10-21(23)22-11-5-7-13-24(22)26/h1-51H;1-17H;1-17,25H. The predicted octanol–water partition coefficient (Wildman–Crippen LogP) is 36.1. The molecule has 7 heterocycles. The molecule has 676 valence electrons. The molecule has 0 radical (unpaired) electrons. The van der Waals surface area contributed by atoms with Crippen molar-refractivity contribution in [3.8, 4) is 50.7 Å². The molecule has 2 aliphatic carbocycles. The number of nitrogens with zero attached hydrogens (tertiary/aromatic N) is 7. The summed E-state index contributed by atoms with van der Waals surface area (Å²) < 4.78 is 14.4. The molecule has 8 nitrogen and oxygen atoms in total. The van der Waals surface area contributed by atoms with Crippen LogP contribution < -0.4 is 15.1 Å². The van der Waals surface area contributed by atoms with Crippen LogP contribution in [0, 0.1) is 0 Å². The van der Waals surface area contributed by atoms with Gasteiger partial charge in [-0.15, -0.1) is 0 Å². The monoisotopic (exact) mass is 1960 g/mol. The van der Waals surface area contributed by atoms with Gasteiger partial charge in [-0.3, -0.25) is 0 Å². The Bertz CT molecular complexity index is 9460. The molecule has 1 N–H and O–H groups in total. The van der Waals surface area contributed by atoms with Crippen molar-refractivity contribution >= 4 is 186 Å². The fourth-order valence-electron chi connectivity index (χ4n) is 24.9. The van der Waals surface area contributed by atoms with Crippen LogP contribution >= 0.6 is 31.9 Å². The van der Waals surface area contributed by atoms with Crippen LogP contribution in [0.4, 0.5) is 45.5 Å². The molecule has 0 unspecified atom stereocenters. The van der Waals surface area contributed by atoms with Crippen molar-refractivity contribution in [3.63, 3.8) is 0 Å². The number of halogens is 2. The number of para-hydroxylation sites is 15. The van der Waals surface area contributed by atoms with Crippen molar-refractivity contribution in [2.24, 2.45) is 0 Å². The minimum atomic E-state index is -0.733. The average Bonchev–Trinajstić information content (AvgIpc) is 1.49. The molecular formula is C134H86Br2N8. The van der Waals surface area contributed by atoms with Gasteiger partial charge in [-0.25, -0.2) is 0 Å². The molecule has 4 aliphatic rings. The van der Waals surface area contributed by atoms with Gasteiger partial charge in [-0.2, -0.15) is 0 Å². The number of rotatable bonds is 11. The molecule has 0 atom stereocenters. The summed E-state index contributed by atoms with van der Waals surface area (Å²) in [5, 5.41) is 16.1. The molecule has 22 aromatic carbocycles. The van der Waals surface area contributed by atoms with Gasteiger partial charge in [0.25, 0.3) is 0 Å². The van der Waals surface area contributed by atoms with E-state index in [-0.39, 0.29) is 0 Å². The van der Waals surface area contributed by atoms with E-state index in [1.54, 1.807) is 0 Å². The van der Waals surface area contributed by atoms with Gasteiger partial charge < -0.3 is 38.0 Å². The summed E-state index contributed by atoms with van der Waals surface area (Å²) in [6.07, 6.45) is 0. The molecule has 27 aromatic rings. The van der Waals surface area contributed by atoms with Crippen LogP contribution in [0.2, 0.25) is 0 Å². The van der Waals surface area contributed by atoms with E-state index in [1.807, 2.05) is 18.2 Å². The number of nitrogens with one attached hydrogen (secondary N) is 1. The summed E-state index contributed by atoms with van der Waals surface area (Å²) in [4.78, 5) is 4.87. The SMILES string of the molecule is Brc1ccc2c(c1)C1(c3cc(Br)ccc3-2)c2ccccc2-n2c3ccccc3c3cccc1c32.c1ccc(N(c2ccc(-n3c4ccccc4c4ccccc43)cc2)c2ccc3c(c2)C2(c4cc(N(c5ccccc5)c5ccc(-n6c7ccccc7c7ccccc76)cc5)ccc4-3)c3ccccc3-n3c4ccccc4c4cccc2c43)cc1.c1ccc(Nc2ccc(-n3c4ccccc4c4ccccc43)cc2)cc1. The van der Waals surface area contributed by atoms with Crippen LogP contribution in [-0.2, 0) is 10.8 Å². The number of benzene rings is 22.